The average molecular weight is 338 g/mol. The summed E-state index contributed by atoms with van der Waals surface area (Å²) in [6, 6.07) is 18.9. The molecule has 1 aliphatic heterocycles. The summed E-state index contributed by atoms with van der Waals surface area (Å²) < 4.78 is 0. The molecule has 1 aliphatic rings. The van der Waals surface area contributed by atoms with E-state index >= 15 is 0 Å². The van der Waals surface area contributed by atoms with E-state index < -0.39 is 6.10 Å². The number of hydrogen-bond donors (Lipinski definition) is 1. The highest BCUT2D eigenvalue weighted by Crippen LogP contribution is 2.19. The first-order valence-corrected chi connectivity index (χ1v) is 8.90. The molecule has 0 aromatic heterocycles. The number of benzene rings is 2. The summed E-state index contributed by atoms with van der Waals surface area (Å²) in [6.45, 7) is 2.56. The van der Waals surface area contributed by atoms with Crippen LogP contribution in [0.3, 0.4) is 0 Å². The van der Waals surface area contributed by atoms with Crippen molar-refractivity contribution in [1.29, 1.82) is 0 Å². The van der Waals surface area contributed by atoms with E-state index in [4.69, 9.17) is 0 Å². The summed E-state index contributed by atoms with van der Waals surface area (Å²) in [5.74, 6) is 0.165. The third-order valence-corrected chi connectivity index (χ3v) is 4.64. The first kappa shape index (κ1) is 17.6. The zero-order valence-corrected chi connectivity index (χ0v) is 14.8. The van der Waals surface area contributed by atoms with Gasteiger partial charge in [0.15, 0.2) is 0 Å². The van der Waals surface area contributed by atoms with Crippen LogP contribution < -0.4 is 0 Å². The van der Waals surface area contributed by atoms with E-state index in [9.17, 15) is 9.90 Å². The quantitative estimate of drug-likeness (QED) is 0.844. The van der Waals surface area contributed by atoms with Crippen LogP contribution in [-0.2, 0) is 11.3 Å². The number of likely N-dealkylation sites (tertiary alicyclic amines) is 1. The molecule has 3 rings (SSSR count). The smallest absolute Gasteiger partial charge is 0.222 e. The molecule has 0 saturated carbocycles. The van der Waals surface area contributed by atoms with Crippen molar-refractivity contribution in [3.63, 3.8) is 0 Å². The van der Waals surface area contributed by atoms with Crippen molar-refractivity contribution in [2.24, 2.45) is 0 Å². The van der Waals surface area contributed by atoms with Gasteiger partial charge in [-0.25, -0.2) is 0 Å². The molecule has 4 nitrogen and oxygen atoms in total. The van der Waals surface area contributed by atoms with Crippen LogP contribution in [0, 0.1) is 0 Å². The second-order valence-electron chi connectivity index (χ2n) is 6.86. The minimum absolute atomic E-state index is 0.165. The zero-order valence-electron chi connectivity index (χ0n) is 14.8. The maximum Gasteiger partial charge on any atom is 0.222 e. The number of β-amino-alcohol motifs (C(OH)–C–C–N with tert-alkyl or cyclic N) is 1. The van der Waals surface area contributed by atoms with Gasteiger partial charge >= 0.3 is 0 Å². The normalized spacial score (nSPS) is 15.8. The van der Waals surface area contributed by atoms with E-state index in [2.05, 4.69) is 41.3 Å². The molecule has 0 spiro atoms. The van der Waals surface area contributed by atoms with Gasteiger partial charge in [0.1, 0.15) is 0 Å². The fourth-order valence-corrected chi connectivity index (χ4v) is 3.38. The number of likely N-dealkylation sites (N-methyl/N-ethyl adjacent to an activating group) is 1. The Hall–Kier alpha value is -2.17. The minimum Gasteiger partial charge on any atom is -0.390 e. The van der Waals surface area contributed by atoms with Gasteiger partial charge in [0, 0.05) is 32.6 Å². The van der Waals surface area contributed by atoms with Crippen LogP contribution >= 0.6 is 0 Å². The second-order valence-corrected chi connectivity index (χ2v) is 6.86. The van der Waals surface area contributed by atoms with Crippen LogP contribution in [0.2, 0.25) is 0 Å². The number of rotatable bonds is 7. The Morgan fingerprint density at radius 3 is 2.40 bits per heavy atom. The summed E-state index contributed by atoms with van der Waals surface area (Å²) >= 11 is 0. The van der Waals surface area contributed by atoms with E-state index in [0.29, 0.717) is 19.5 Å². The molecule has 4 heteroatoms. The third kappa shape index (κ3) is 4.91. The van der Waals surface area contributed by atoms with Crippen molar-refractivity contribution in [1.82, 2.24) is 9.80 Å². The monoisotopic (exact) mass is 338 g/mol. The molecule has 1 amide bonds. The van der Waals surface area contributed by atoms with E-state index in [1.54, 1.807) is 4.90 Å². The SMILES string of the molecule is CN(Cc1ccc(-c2ccccc2)cc1)CC(O)CN1CCCC1=O. The molecular weight excluding hydrogens is 312 g/mol. The summed E-state index contributed by atoms with van der Waals surface area (Å²) in [5.41, 5.74) is 3.64. The van der Waals surface area contributed by atoms with Gasteiger partial charge in [0.25, 0.3) is 0 Å². The zero-order chi connectivity index (χ0) is 17.6. The van der Waals surface area contributed by atoms with Gasteiger partial charge in [-0.1, -0.05) is 54.6 Å². The fourth-order valence-electron chi connectivity index (χ4n) is 3.38. The Bertz CT molecular complexity index is 685. The minimum atomic E-state index is -0.504. The van der Waals surface area contributed by atoms with E-state index in [1.165, 1.54) is 16.7 Å². The first-order valence-electron chi connectivity index (χ1n) is 8.90. The number of aliphatic hydroxyl groups is 1. The molecule has 132 valence electrons. The molecule has 0 aliphatic carbocycles. The van der Waals surface area contributed by atoms with Gasteiger partial charge < -0.3 is 10.0 Å². The lowest BCUT2D eigenvalue weighted by atomic mass is 10.0. The number of nitrogens with zero attached hydrogens (tertiary/aromatic N) is 2. The van der Waals surface area contributed by atoms with E-state index in [-0.39, 0.29) is 5.91 Å². The van der Waals surface area contributed by atoms with Crippen molar-refractivity contribution in [2.75, 3.05) is 26.7 Å². The maximum atomic E-state index is 11.6. The number of carbonyl (C=O) groups excluding carboxylic acids is 1. The highest BCUT2D eigenvalue weighted by Gasteiger charge is 2.22. The number of aliphatic hydroxyl groups excluding tert-OH is 1. The Balaban J connectivity index is 1.50. The van der Waals surface area contributed by atoms with Gasteiger partial charge in [-0.2, -0.15) is 0 Å². The average Bonchev–Trinajstić information content (AvgIpc) is 3.01. The first-order chi connectivity index (χ1) is 12.1. The van der Waals surface area contributed by atoms with Gasteiger partial charge in [0.05, 0.1) is 6.10 Å². The largest absolute Gasteiger partial charge is 0.390 e. The fraction of sp³-hybridized carbons (Fsp3) is 0.381. The lowest BCUT2D eigenvalue weighted by Crippen LogP contribution is -2.39. The molecule has 1 heterocycles. The molecular formula is C21H26N2O2. The van der Waals surface area contributed by atoms with Crippen LogP contribution in [0.25, 0.3) is 11.1 Å². The third-order valence-electron chi connectivity index (χ3n) is 4.64. The molecule has 1 atom stereocenters. The second kappa shape index (κ2) is 8.28. The predicted molar refractivity (Wildman–Crippen MR) is 100 cm³/mol. The van der Waals surface area contributed by atoms with Crippen LogP contribution in [0.15, 0.2) is 54.6 Å². The van der Waals surface area contributed by atoms with Crippen molar-refractivity contribution < 1.29 is 9.90 Å². The lowest BCUT2D eigenvalue weighted by molar-refractivity contribution is -0.129. The highest BCUT2D eigenvalue weighted by molar-refractivity contribution is 5.78. The highest BCUT2D eigenvalue weighted by atomic mass is 16.3. The van der Waals surface area contributed by atoms with E-state index in [0.717, 1.165) is 19.5 Å². The van der Waals surface area contributed by atoms with Crippen LogP contribution in [0.4, 0.5) is 0 Å². The molecule has 1 unspecified atom stereocenters. The summed E-state index contributed by atoms with van der Waals surface area (Å²) in [4.78, 5) is 15.5. The molecule has 0 radical (unpaired) electrons. The summed E-state index contributed by atoms with van der Waals surface area (Å²) in [7, 11) is 2.00. The number of carbonyl (C=O) groups is 1. The summed E-state index contributed by atoms with van der Waals surface area (Å²) in [6.07, 6.45) is 1.03. The van der Waals surface area contributed by atoms with Crippen molar-refractivity contribution in [2.45, 2.75) is 25.5 Å². The Kier molecular flexibility index (Phi) is 5.84. The Morgan fingerprint density at radius 2 is 1.76 bits per heavy atom. The predicted octanol–water partition coefficient (Wildman–Crippen LogP) is 2.77. The Morgan fingerprint density at radius 1 is 1.08 bits per heavy atom. The van der Waals surface area contributed by atoms with Gasteiger partial charge in [-0.05, 0) is 30.2 Å². The lowest BCUT2D eigenvalue weighted by Gasteiger charge is -2.24. The van der Waals surface area contributed by atoms with Gasteiger partial charge in [0.2, 0.25) is 5.91 Å². The number of amides is 1. The van der Waals surface area contributed by atoms with Crippen LogP contribution in [-0.4, -0.2) is 53.6 Å². The van der Waals surface area contributed by atoms with Crippen LogP contribution in [0.5, 0.6) is 0 Å². The molecule has 1 N–H and O–H groups in total. The Labute approximate surface area is 149 Å². The molecule has 25 heavy (non-hydrogen) atoms. The van der Waals surface area contributed by atoms with Crippen LogP contribution in [0.1, 0.15) is 18.4 Å². The molecule has 0 bridgehead atoms. The standard InChI is InChI=1S/C21H26N2O2/c1-22(15-20(24)16-23-13-5-8-21(23)25)14-17-9-11-19(12-10-17)18-6-3-2-4-7-18/h2-4,6-7,9-12,20,24H,5,8,13-16H2,1H3. The van der Waals surface area contributed by atoms with Gasteiger partial charge in [-0.15, -0.1) is 0 Å². The molecule has 1 fully saturated rings. The number of hydrogen-bond acceptors (Lipinski definition) is 3. The van der Waals surface area contributed by atoms with Crippen molar-refractivity contribution in [3.8, 4) is 11.1 Å². The molecule has 1 saturated heterocycles. The van der Waals surface area contributed by atoms with Crippen molar-refractivity contribution in [3.05, 3.63) is 60.2 Å². The maximum absolute atomic E-state index is 11.6. The topological polar surface area (TPSA) is 43.8 Å². The van der Waals surface area contributed by atoms with E-state index in [1.807, 2.05) is 25.2 Å². The molecule has 2 aromatic carbocycles. The molecule has 2 aromatic rings. The summed E-state index contributed by atoms with van der Waals surface area (Å²) in [5, 5.41) is 10.2. The van der Waals surface area contributed by atoms with Gasteiger partial charge in [-0.3, -0.25) is 9.69 Å². The van der Waals surface area contributed by atoms with Crippen molar-refractivity contribution >= 4 is 5.91 Å².